The first-order chi connectivity index (χ1) is 13.1. The van der Waals surface area contributed by atoms with Gasteiger partial charge in [0.05, 0.1) is 17.6 Å². The number of hydrazine groups is 1. The van der Waals surface area contributed by atoms with E-state index in [4.69, 9.17) is 0 Å². The highest BCUT2D eigenvalue weighted by Gasteiger charge is 2.62. The van der Waals surface area contributed by atoms with Gasteiger partial charge in [0.25, 0.3) is 5.91 Å². The Morgan fingerprint density at radius 3 is 2.15 bits per heavy atom. The monoisotopic (exact) mass is 365 g/mol. The summed E-state index contributed by atoms with van der Waals surface area (Å²) in [5, 5.41) is 4.18. The average molecular weight is 365 g/mol. The molecular weight excluding hydrogens is 345 g/mol. The van der Waals surface area contributed by atoms with Gasteiger partial charge in [-0.3, -0.25) is 9.59 Å². The second-order valence-corrected chi connectivity index (χ2v) is 7.49. The van der Waals surface area contributed by atoms with Gasteiger partial charge in [0, 0.05) is 13.1 Å². The third-order valence-electron chi connectivity index (χ3n) is 5.91. The molecule has 138 valence electrons. The second kappa shape index (κ2) is 5.97. The van der Waals surface area contributed by atoms with Crippen LogP contribution < -0.4 is 4.90 Å². The number of hydrogen-bond donors (Lipinski definition) is 0. The fourth-order valence-corrected chi connectivity index (χ4v) is 4.72. The summed E-state index contributed by atoms with van der Waals surface area (Å²) in [6, 6.07) is 13.0. The highest BCUT2D eigenvalue weighted by atomic mass is 19.1. The quantitative estimate of drug-likeness (QED) is 0.768. The van der Waals surface area contributed by atoms with Gasteiger partial charge in [-0.25, -0.2) is 19.3 Å². The third-order valence-corrected chi connectivity index (χ3v) is 5.91. The van der Waals surface area contributed by atoms with Gasteiger partial charge in [-0.05, 0) is 43.2 Å². The van der Waals surface area contributed by atoms with Crippen molar-refractivity contribution in [3.05, 3.63) is 65.5 Å². The Labute approximate surface area is 156 Å². The molecule has 2 aromatic rings. The Balaban J connectivity index is 1.57. The first-order valence-corrected chi connectivity index (χ1v) is 9.29. The normalized spacial score (nSPS) is 28.1. The summed E-state index contributed by atoms with van der Waals surface area (Å²) in [6.07, 6.45) is 0.951. The molecule has 3 heterocycles. The number of carbonyl (C=O) groups excluding carboxylic acids is 2. The zero-order valence-corrected chi connectivity index (χ0v) is 15.0. The largest absolute Gasteiger partial charge is 0.274 e. The van der Waals surface area contributed by atoms with Crippen molar-refractivity contribution in [2.45, 2.75) is 25.4 Å². The van der Waals surface area contributed by atoms with E-state index in [0.717, 1.165) is 30.6 Å². The fourth-order valence-electron chi connectivity index (χ4n) is 4.72. The van der Waals surface area contributed by atoms with Crippen molar-refractivity contribution < 1.29 is 14.0 Å². The summed E-state index contributed by atoms with van der Waals surface area (Å²) in [6.45, 7) is 3.54. The van der Waals surface area contributed by atoms with Gasteiger partial charge in [-0.1, -0.05) is 29.8 Å². The van der Waals surface area contributed by atoms with Gasteiger partial charge < -0.3 is 0 Å². The van der Waals surface area contributed by atoms with Crippen LogP contribution in [0.3, 0.4) is 0 Å². The van der Waals surface area contributed by atoms with Crippen molar-refractivity contribution in [1.29, 1.82) is 0 Å². The first kappa shape index (κ1) is 16.6. The second-order valence-electron chi connectivity index (χ2n) is 7.49. The summed E-state index contributed by atoms with van der Waals surface area (Å²) < 4.78 is 13.4. The van der Waals surface area contributed by atoms with Crippen LogP contribution in [0.1, 0.15) is 23.6 Å². The fraction of sp³-hybridized carbons (Fsp3) is 0.333. The SMILES string of the molecule is Cc1ccc(N2C(=O)[C@H]3[C@H](C2=O)N2CCCN2[C@H]3c2ccc(F)cc2)cc1. The van der Waals surface area contributed by atoms with Crippen molar-refractivity contribution in [2.24, 2.45) is 5.92 Å². The highest BCUT2D eigenvalue weighted by molar-refractivity contribution is 6.24. The average Bonchev–Trinajstić information content (AvgIpc) is 3.30. The van der Waals surface area contributed by atoms with Crippen molar-refractivity contribution in [3.63, 3.8) is 0 Å². The van der Waals surface area contributed by atoms with E-state index in [1.807, 2.05) is 36.2 Å². The Morgan fingerprint density at radius 2 is 1.48 bits per heavy atom. The van der Waals surface area contributed by atoms with Crippen LogP contribution in [0, 0.1) is 18.7 Å². The molecule has 0 bridgehead atoms. The molecule has 0 aliphatic carbocycles. The zero-order valence-electron chi connectivity index (χ0n) is 15.0. The molecule has 6 heteroatoms. The number of amides is 2. The van der Waals surface area contributed by atoms with Crippen LogP contribution >= 0.6 is 0 Å². The molecular formula is C21H20FN3O2. The predicted octanol–water partition coefficient (Wildman–Crippen LogP) is 2.67. The topological polar surface area (TPSA) is 43.9 Å². The van der Waals surface area contributed by atoms with Crippen LogP contribution in [0.4, 0.5) is 10.1 Å². The Morgan fingerprint density at radius 1 is 0.852 bits per heavy atom. The van der Waals surface area contributed by atoms with Crippen LogP contribution in [-0.4, -0.2) is 41.0 Å². The lowest BCUT2D eigenvalue weighted by Crippen LogP contribution is -2.44. The number of fused-ring (bicyclic) bond motifs is 3. The van der Waals surface area contributed by atoms with E-state index in [-0.39, 0.29) is 23.7 Å². The minimum Gasteiger partial charge on any atom is -0.274 e. The molecule has 3 aliphatic rings. The number of anilines is 1. The molecule has 2 amide bonds. The van der Waals surface area contributed by atoms with E-state index in [1.165, 1.54) is 17.0 Å². The molecule has 0 unspecified atom stereocenters. The lowest BCUT2D eigenvalue weighted by atomic mass is 9.90. The number of imide groups is 1. The van der Waals surface area contributed by atoms with Crippen molar-refractivity contribution in [1.82, 2.24) is 10.0 Å². The molecule has 3 fully saturated rings. The molecule has 0 spiro atoms. The van der Waals surface area contributed by atoms with Gasteiger partial charge in [0.15, 0.2) is 0 Å². The minimum atomic E-state index is -0.476. The van der Waals surface area contributed by atoms with E-state index in [0.29, 0.717) is 5.69 Å². The molecule has 5 nitrogen and oxygen atoms in total. The molecule has 3 aliphatic heterocycles. The van der Waals surface area contributed by atoms with E-state index in [9.17, 15) is 14.0 Å². The predicted molar refractivity (Wildman–Crippen MR) is 98.1 cm³/mol. The Hall–Kier alpha value is -2.57. The lowest BCUT2D eigenvalue weighted by molar-refractivity contribution is -0.126. The van der Waals surface area contributed by atoms with Crippen LogP contribution in [0.5, 0.6) is 0 Å². The van der Waals surface area contributed by atoms with E-state index < -0.39 is 12.0 Å². The maximum absolute atomic E-state index is 13.4. The molecule has 0 aromatic heterocycles. The molecule has 3 atom stereocenters. The maximum Gasteiger partial charge on any atom is 0.253 e. The number of halogens is 1. The summed E-state index contributed by atoms with van der Waals surface area (Å²) in [7, 11) is 0. The van der Waals surface area contributed by atoms with Crippen molar-refractivity contribution >= 4 is 17.5 Å². The van der Waals surface area contributed by atoms with Gasteiger partial charge in [-0.2, -0.15) is 0 Å². The Kier molecular flexibility index (Phi) is 3.67. The number of hydrogen-bond acceptors (Lipinski definition) is 4. The highest BCUT2D eigenvalue weighted by Crippen LogP contribution is 2.48. The minimum absolute atomic E-state index is 0.162. The van der Waals surface area contributed by atoms with E-state index in [2.05, 4.69) is 5.01 Å². The van der Waals surface area contributed by atoms with Crippen LogP contribution in [0.25, 0.3) is 0 Å². The van der Waals surface area contributed by atoms with Gasteiger partial charge >= 0.3 is 0 Å². The van der Waals surface area contributed by atoms with Gasteiger partial charge in [0.2, 0.25) is 5.91 Å². The first-order valence-electron chi connectivity index (χ1n) is 9.29. The molecule has 2 aromatic carbocycles. The number of rotatable bonds is 2. The van der Waals surface area contributed by atoms with E-state index >= 15 is 0 Å². The molecule has 27 heavy (non-hydrogen) atoms. The van der Waals surface area contributed by atoms with Crippen LogP contribution in [0.2, 0.25) is 0 Å². The summed E-state index contributed by atoms with van der Waals surface area (Å²) >= 11 is 0. The summed E-state index contributed by atoms with van der Waals surface area (Å²) in [5.41, 5.74) is 2.57. The molecule has 0 N–H and O–H groups in total. The molecule has 0 radical (unpaired) electrons. The molecule has 0 saturated carbocycles. The number of carbonyl (C=O) groups is 2. The van der Waals surface area contributed by atoms with Gasteiger partial charge in [-0.15, -0.1) is 0 Å². The number of aryl methyl sites for hydroxylation is 1. The van der Waals surface area contributed by atoms with Crippen LogP contribution in [-0.2, 0) is 9.59 Å². The Bertz CT molecular complexity index is 912. The standard InChI is InChI=1S/C21H20FN3O2/c1-13-3-9-16(10-4-13)25-20(26)17-18(14-5-7-15(22)8-6-14)23-11-2-12-24(23)19(17)21(25)27/h3-10,17-19H,2,11-12H2,1H3/t17-,18+,19-/m1/s1. The smallest absolute Gasteiger partial charge is 0.253 e. The summed E-state index contributed by atoms with van der Waals surface area (Å²) in [4.78, 5) is 27.9. The van der Waals surface area contributed by atoms with Gasteiger partial charge in [0.1, 0.15) is 11.9 Å². The zero-order chi connectivity index (χ0) is 18.7. The van der Waals surface area contributed by atoms with Crippen LogP contribution in [0.15, 0.2) is 48.5 Å². The van der Waals surface area contributed by atoms with Crippen molar-refractivity contribution in [2.75, 3.05) is 18.0 Å². The number of benzene rings is 2. The van der Waals surface area contributed by atoms with Crippen molar-refractivity contribution in [3.8, 4) is 0 Å². The summed E-state index contributed by atoms with van der Waals surface area (Å²) in [5.74, 6) is -1.10. The maximum atomic E-state index is 13.4. The lowest BCUT2D eigenvalue weighted by Gasteiger charge is -2.29. The third kappa shape index (κ3) is 2.37. The molecule has 5 rings (SSSR count). The number of nitrogens with zero attached hydrogens (tertiary/aromatic N) is 3. The van der Waals surface area contributed by atoms with E-state index in [1.54, 1.807) is 12.1 Å². The molecule has 3 saturated heterocycles.